The number of halogens is 2. The third kappa shape index (κ3) is 4.04. The summed E-state index contributed by atoms with van der Waals surface area (Å²) in [6.45, 7) is 3.28. The van der Waals surface area contributed by atoms with E-state index in [1.165, 1.54) is 11.3 Å². The standard InChI is InChI=1S/C20H19Cl2N3O2S/c21-14-1-4-16(5-2-14)23-9-11-24(12-10-23)19(26)7-8-25-17-13-15(22)3-6-18(17)28-20(25)27/h1-6,13H,7-12H2. The van der Waals surface area contributed by atoms with Gasteiger partial charge in [-0.05, 0) is 42.5 Å². The largest absolute Gasteiger partial charge is 0.368 e. The predicted octanol–water partition coefficient (Wildman–Crippen LogP) is 4.11. The molecule has 8 heteroatoms. The molecule has 0 radical (unpaired) electrons. The smallest absolute Gasteiger partial charge is 0.308 e. The molecular weight excluding hydrogens is 417 g/mol. The molecular formula is C20H19Cl2N3O2S. The van der Waals surface area contributed by atoms with E-state index in [0.717, 1.165) is 34.0 Å². The first-order valence-electron chi connectivity index (χ1n) is 9.08. The molecule has 5 nitrogen and oxygen atoms in total. The van der Waals surface area contributed by atoms with Gasteiger partial charge in [-0.15, -0.1) is 0 Å². The van der Waals surface area contributed by atoms with Crippen molar-refractivity contribution in [2.75, 3.05) is 31.1 Å². The molecule has 28 heavy (non-hydrogen) atoms. The molecule has 146 valence electrons. The van der Waals surface area contributed by atoms with Crippen molar-refractivity contribution in [2.24, 2.45) is 0 Å². The molecule has 2 heterocycles. The number of benzene rings is 2. The Morgan fingerprint density at radius 3 is 2.36 bits per heavy atom. The van der Waals surface area contributed by atoms with Crippen LogP contribution in [0.3, 0.4) is 0 Å². The minimum Gasteiger partial charge on any atom is -0.368 e. The number of nitrogens with zero attached hydrogens (tertiary/aromatic N) is 3. The van der Waals surface area contributed by atoms with Gasteiger partial charge in [-0.3, -0.25) is 14.2 Å². The zero-order valence-corrected chi connectivity index (χ0v) is 17.4. The molecule has 0 N–H and O–H groups in total. The van der Waals surface area contributed by atoms with Gasteiger partial charge in [-0.1, -0.05) is 34.5 Å². The highest BCUT2D eigenvalue weighted by molar-refractivity contribution is 7.16. The zero-order valence-electron chi connectivity index (χ0n) is 15.1. The summed E-state index contributed by atoms with van der Waals surface area (Å²) in [5.74, 6) is 0.0732. The fourth-order valence-corrected chi connectivity index (χ4v) is 4.67. The van der Waals surface area contributed by atoms with Crippen molar-refractivity contribution in [1.29, 1.82) is 0 Å². The molecule has 0 bridgehead atoms. The lowest BCUT2D eigenvalue weighted by Crippen LogP contribution is -2.49. The summed E-state index contributed by atoms with van der Waals surface area (Å²) in [6, 6.07) is 13.2. The quantitative estimate of drug-likeness (QED) is 0.619. The number of piperazine rings is 1. The maximum atomic E-state index is 12.6. The summed E-state index contributed by atoms with van der Waals surface area (Å²) in [5, 5.41) is 1.30. The molecule has 1 amide bonds. The monoisotopic (exact) mass is 435 g/mol. The average molecular weight is 436 g/mol. The van der Waals surface area contributed by atoms with Crippen LogP contribution in [-0.2, 0) is 11.3 Å². The Labute approximate surface area is 176 Å². The Hall–Kier alpha value is -2.02. The lowest BCUT2D eigenvalue weighted by atomic mass is 10.2. The van der Waals surface area contributed by atoms with Crippen LogP contribution in [0.2, 0.25) is 10.0 Å². The number of carbonyl (C=O) groups is 1. The van der Waals surface area contributed by atoms with Crippen LogP contribution in [0, 0.1) is 0 Å². The minimum atomic E-state index is -0.0578. The molecule has 0 spiro atoms. The van der Waals surface area contributed by atoms with E-state index in [4.69, 9.17) is 23.2 Å². The van der Waals surface area contributed by atoms with Crippen LogP contribution < -0.4 is 9.77 Å². The molecule has 3 aromatic rings. The highest BCUT2D eigenvalue weighted by Crippen LogP contribution is 2.22. The predicted molar refractivity (Wildman–Crippen MR) is 116 cm³/mol. The van der Waals surface area contributed by atoms with Crippen LogP contribution in [0.5, 0.6) is 0 Å². The van der Waals surface area contributed by atoms with Crippen molar-refractivity contribution in [2.45, 2.75) is 13.0 Å². The van der Waals surface area contributed by atoms with Crippen LogP contribution in [0.15, 0.2) is 47.3 Å². The Kier molecular flexibility index (Phi) is 5.62. The van der Waals surface area contributed by atoms with E-state index < -0.39 is 0 Å². The first-order chi connectivity index (χ1) is 13.5. The van der Waals surface area contributed by atoms with Crippen molar-refractivity contribution in [3.05, 3.63) is 62.2 Å². The van der Waals surface area contributed by atoms with Gasteiger partial charge < -0.3 is 9.80 Å². The van der Waals surface area contributed by atoms with Gasteiger partial charge in [-0.2, -0.15) is 0 Å². The molecule has 1 aliphatic rings. The summed E-state index contributed by atoms with van der Waals surface area (Å²) >= 11 is 13.2. The summed E-state index contributed by atoms with van der Waals surface area (Å²) in [5.41, 5.74) is 1.91. The summed E-state index contributed by atoms with van der Waals surface area (Å²) < 4.78 is 2.53. The topological polar surface area (TPSA) is 45.6 Å². The van der Waals surface area contributed by atoms with E-state index in [1.807, 2.05) is 35.2 Å². The van der Waals surface area contributed by atoms with Gasteiger partial charge in [0.2, 0.25) is 5.91 Å². The number of rotatable bonds is 4. The van der Waals surface area contributed by atoms with Crippen molar-refractivity contribution in [1.82, 2.24) is 9.47 Å². The first kappa shape index (κ1) is 19.3. The van der Waals surface area contributed by atoms with E-state index in [-0.39, 0.29) is 10.8 Å². The van der Waals surface area contributed by atoms with Gasteiger partial charge in [0.25, 0.3) is 0 Å². The van der Waals surface area contributed by atoms with Gasteiger partial charge in [-0.25, -0.2) is 0 Å². The van der Waals surface area contributed by atoms with Crippen molar-refractivity contribution < 1.29 is 4.79 Å². The molecule has 1 fully saturated rings. The van der Waals surface area contributed by atoms with Crippen LogP contribution in [0.25, 0.3) is 10.2 Å². The molecule has 0 unspecified atom stereocenters. The van der Waals surface area contributed by atoms with Crippen molar-refractivity contribution >= 4 is 56.3 Å². The lowest BCUT2D eigenvalue weighted by molar-refractivity contribution is -0.131. The molecule has 1 aliphatic heterocycles. The SMILES string of the molecule is O=C(CCn1c(=O)sc2ccc(Cl)cc21)N1CCN(c2ccc(Cl)cc2)CC1. The highest BCUT2D eigenvalue weighted by atomic mass is 35.5. The van der Waals surface area contributed by atoms with Crippen molar-refractivity contribution in [3.63, 3.8) is 0 Å². The fourth-order valence-electron chi connectivity index (χ4n) is 3.48. The Bertz CT molecular complexity index is 1050. The van der Waals surface area contributed by atoms with Gasteiger partial charge in [0.1, 0.15) is 0 Å². The summed E-state index contributed by atoms with van der Waals surface area (Å²) in [7, 11) is 0. The van der Waals surface area contributed by atoms with E-state index in [1.54, 1.807) is 16.7 Å². The maximum Gasteiger partial charge on any atom is 0.308 e. The highest BCUT2D eigenvalue weighted by Gasteiger charge is 2.21. The number of hydrogen-bond acceptors (Lipinski definition) is 4. The van der Waals surface area contributed by atoms with Crippen LogP contribution in [0.4, 0.5) is 5.69 Å². The summed E-state index contributed by atoms with van der Waals surface area (Å²) in [4.78, 5) is 29.0. The molecule has 0 saturated carbocycles. The molecule has 2 aromatic carbocycles. The van der Waals surface area contributed by atoms with Gasteiger partial charge in [0.05, 0.1) is 10.2 Å². The van der Waals surface area contributed by atoms with Gasteiger partial charge >= 0.3 is 4.87 Å². The Balaban J connectivity index is 1.36. The number of aryl methyl sites for hydroxylation is 1. The lowest BCUT2D eigenvalue weighted by Gasteiger charge is -2.36. The number of anilines is 1. The molecule has 1 aromatic heterocycles. The number of thiazole rings is 1. The average Bonchev–Trinajstić information content (AvgIpc) is 3.01. The Morgan fingerprint density at radius 2 is 1.64 bits per heavy atom. The van der Waals surface area contributed by atoms with Crippen LogP contribution in [0.1, 0.15) is 6.42 Å². The van der Waals surface area contributed by atoms with E-state index >= 15 is 0 Å². The van der Waals surface area contributed by atoms with Gasteiger partial charge in [0, 0.05) is 54.9 Å². The minimum absolute atomic E-state index is 0.0578. The number of amides is 1. The van der Waals surface area contributed by atoms with E-state index in [2.05, 4.69) is 4.90 Å². The second kappa shape index (κ2) is 8.15. The molecule has 4 rings (SSSR count). The molecule has 0 atom stereocenters. The Morgan fingerprint density at radius 1 is 0.964 bits per heavy atom. The maximum absolute atomic E-state index is 12.6. The number of fused-ring (bicyclic) bond motifs is 1. The van der Waals surface area contributed by atoms with Crippen LogP contribution >= 0.6 is 34.5 Å². The van der Waals surface area contributed by atoms with Crippen molar-refractivity contribution in [3.8, 4) is 0 Å². The number of carbonyl (C=O) groups excluding carboxylic acids is 1. The second-order valence-electron chi connectivity index (χ2n) is 6.73. The molecule has 0 aliphatic carbocycles. The van der Waals surface area contributed by atoms with E-state index in [0.29, 0.717) is 31.1 Å². The number of hydrogen-bond donors (Lipinski definition) is 0. The van der Waals surface area contributed by atoms with Gasteiger partial charge in [0.15, 0.2) is 0 Å². The fraction of sp³-hybridized carbons (Fsp3) is 0.300. The third-order valence-electron chi connectivity index (χ3n) is 5.00. The summed E-state index contributed by atoms with van der Waals surface area (Å²) in [6.07, 6.45) is 0.305. The normalized spacial score (nSPS) is 14.6. The van der Waals surface area contributed by atoms with E-state index in [9.17, 15) is 9.59 Å². The second-order valence-corrected chi connectivity index (χ2v) is 8.59. The third-order valence-corrected chi connectivity index (χ3v) is 6.45. The zero-order chi connectivity index (χ0) is 19.7. The molecule has 1 saturated heterocycles. The number of aromatic nitrogens is 1. The van der Waals surface area contributed by atoms with Crippen LogP contribution in [-0.4, -0.2) is 41.6 Å². The first-order valence-corrected chi connectivity index (χ1v) is 10.7.